The number of rotatable bonds is 4. The standard InChI is InChI=1S/C19H32ClNO/c20-18-10-8-15(9-11-18)13-21-12-4-7-17(14-21)19(22)16-5-2-1-3-6-16/h15-18H,1-14H2. The Morgan fingerprint density at radius 3 is 2.27 bits per heavy atom. The van der Waals surface area contributed by atoms with Gasteiger partial charge >= 0.3 is 0 Å². The van der Waals surface area contributed by atoms with Gasteiger partial charge in [0, 0.05) is 30.3 Å². The number of ketones is 1. The second-order valence-corrected chi connectivity index (χ2v) is 8.57. The van der Waals surface area contributed by atoms with Gasteiger partial charge < -0.3 is 4.90 Å². The fraction of sp³-hybridized carbons (Fsp3) is 0.947. The predicted octanol–water partition coefficient (Wildman–Crippen LogP) is 4.65. The lowest BCUT2D eigenvalue weighted by atomic mass is 9.79. The Balaban J connectivity index is 1.47. The molecule has 3 heteroatoms. The zero-order valence-corrected chi connectivity index (χ0v) is 14.7. The minimum Gasteiger partial charge on any atom is -0.302 e. The number of hydrogen-bond donors (Lipinski definition) is 0. The Bertz CT molecular complexity index is 358. The van der Waals surface area contributed by atoms with Crippen LogP contribution in [0, 0.1) is 17.8 Å². The number of alkyl halides is 1. The number of piperidine rings is 1. The molecule has 126 valence electrons. The summed E-state index contributed by atoms with van der Waals surface area (Å²) in [6, 6.07) is 0. The van der Waals surface area contributed by atoms with Crippen LogP contribution in [0.15, 0.2) is 0 Å². The first-order valence-corrected chi connectivity index (χ1v) is 10.1. The van der Waals surface area contributed by atoms with Gasteiger partial charge in [-0.1, -0.05) is 19.3 Å². The summed E-state index contributed by atoms with van der Waals surface area (Å²) in [5.41, 5.74) is 0. The zero-order chi connectivity index (χ0) is 15.4. The van der Waals surface area contributed by atoms with Crippen LogP contribution in [0.1, 0.15) is 70.6 Å². The van der Waals surface area contributed by atoms with Crippen molar-refractivity contribution < 1.29 is 4.79 Å². The van der Waals surface area contributed by atoms with Gasteiger partial charge in [0.15, 0.2) is 0 Å². The van der Waals surface area contributed by atoms with E-state index in [1.54, 1.807) is 0 Å². The van der Waals surface area contributed by atoms with E-state index in [0.717, 1.165) is 31.7 Å². The van der Waals surface area contributed by atoms with Crippen molar-refractivity contribution in [1.29, 1.82) is 0 Å². The minimum atomic E-state index is 0.334. The molecule has 0 amide bonds. The van der Waals surface area contributed by atoms with Crippen LogP contribution in [0.25, 0.3) is 0 Å². The van der Waals surface area contributed by atoms with E-state index in [-0.39, 0.29) is 0 Å². The predicted molar refractivity (Wildman–Crippen MR) is 92.3 cm³/mol. The van der Waals surface area contributed by atoms with E-state index in [1.165, 1.54) is 64.5 Å². The highest BCUT2D eigenvalue weighted by atomic mass is 35.5. The van der Waals surface area contributed by atoms with E-state index in [2.05, 4.69) is 4.90 Å². The van der Waals surface area contributed by atoms with Crippen LogP contribution in [0.3, 0.4) is 0 Å². The Kier molecular flexibility index (Phi) is 6.21. The Hall–Kier alpha value is -0.0800. The molecule has 0 aromatic rings. The van der Waals surface area contributed by atoms with E-state index in [4.69, 9.17) is 11.6 Å². The first-order valence-electron chi connectivity index (χ1n) is 9.62. The van der Waals surface area contributed by atoms with E-state index in [1.807, 2.05) is 0 Å². The molecule has 2 nitrogen and oxygen atoms in total. The summed E-state index contributed by atoms with van der Waals surface area (Å²) < 4.78 is 0. The lowest BCUT2D eigenvalue weighted by molar-refractivity contribution is -0.129. The summed E-state index contributed by atoms with van der Waals surface area (Å²) in [5, 5.41) is 0.415. The molecule has 1 saturated heterocycles. The van der Waals surface area contributed by atoms with Gasteiger partial charge in [0.05, 0.1) is 0 Å². The molecule has 22 heavy (non-hydrogen) atoms. The van der Waals surface area contributed by atoms with Crippen molar-refractivity contribution in [2.75, 3.05) is 19.6 Å². The summed E-state index contributed by atoms with van der Waals surface area (Å²) in [6.45, 7) is 3.45. The van der Waals surface area contributed by atoms with Crippen LogP contribution in [0.5, 0.6) is 0 Å². The Labute approximate surface area is 141 Å². The molecule has 0 radical (unpaired) electrons. The molecule has 2 saturated carbocycles. The maximum absolute atomic E-state index is 12.8. The van der Waals surface area contributed by atoms with Crippen molar-refractivity contribution in [3.63, 3.8) is 0 Å². The Morgan fingerprint density at radius 2 is 1.55 bits per heavy atom. The van der Waals surface area contributed by atoms with E-state index >= 15 is 0 Å². The maximum Gasteiger partial charge on any atom is 0.140 e. The van der Waals surface area contributed by atoms with E-state index in [9.17, 15) is 4.79 Å². The molecule has 1 heterocycles. The average Bonchev–Trinajstić information content (AvgIpc) is 2.57. The molecule has 0 aromatic carbocycles. The zero-order valence-electron chi connectivity index (χ0n) is 13.9. The van der Waals surface area contributed by atoms with Gasteiger partial charge in [0.2, 0.25) is 0 Å². The molecule has 1 atom stereocenters. The third-order valence-electron chi connectivity index (χ3n) is 6.21. The molecular weight excluding hydrogens is 294 g/mol. The van der Waals surface area contributed by atoms with E-state index < -0.39 is 0 Å². The van der Waals surface area contributed by atoms with E-state index in [0.29, 0.717) is 23.0 Å². The molecule has 0 aromatic heterocycles. The molecule has 0 N–H and O–H groups in total. The third kappa shape index (κ3) is 4.47. The van der Waals surface area contributed by atoms with Crippen LogP contribution >= 0.6 is 11.6 Å². The van der Waals surface area contributed by atoms with Crippen molar-refractivity contribution in [1.82, 2.24) is 4.90 Å². The highest BCUT2D eigenvalue weighted by Crippen LogP contribution is 2.32. The first-order chi connectivity index (χ1) is 10.7. The summed E-state index contributed by atoms with van der Waals surface area (Å²) in [7, 11) is 0. The van der Waals surface area contributed by atoms with Gasteiger partial charge in [0.25, 0.3) is 0 Å². The smallest absolute Gasteiger partial charge is 0.140 e. The number of carbonyl (C=O) groups excluding carboxylic acids is 1. The van der Waals surface area contributed by atoms with Crippen LogP contribution in [0.2, 0.25) is 0 Å². The molecule has 0 bridgehead atoms. The number of carbonyl (C=O) groups is 1. The maximum atomic E-state index is 12.8. The van der Waals surface area contributed by atoms with Crippen LogP contribution in [-0.2, 0) is 4.79 Å². The Morgan fingerprint density at radius 1 is 0.864 bits per heavy atom. The number of nitrogens with zero attached hydrogens (tertiary/aromatic N) is 1. The highest BCUT2D eigenvalue weighted by molar-refractivity contribution is 6.20. The quantitative estimate of drug-likeness (QED) is 0.701. The molecule has 3 aliphatic rings. The summed E-state index contributed by atoms with van der Waals surface area (Å²) in [5.74, 6) is 2.15. The molecule has 1 aliphatic heterocycles. The third-order valence-corrected chi connectivity index (χ3v) is 6.64. The first kappa shape index (κ1) is 16.8. The normalized spacial score (nSPS) is 35.4. The second-order valence-electron chi connectivity index (χ2n) is 7.95. The van der Waals surface area contributed by atoms with Crippen molar-refractivity contribution in [2.45, 2.75) is 76.0 Å². The molecule has 2 aliphatic carbocycles. The molecule has 3 fully saturated rings. The van der Waals surface area contributed by atoms with Gasteiger partial charge in [-0.3, -0.25) is 4.79 Å². The van der Waals surface area contributed by atoms with Gasteiger partial charge in [-0.05, 0) is 63.8 Å². The fourth-order valence-corrected chi connectivity index (χ4v) is 5.10. The highest BCUT2D eigenvalue weighted by Gasteiger charge is 2.32. The minimum absolute atomic E-state index is 0.334. The SMILES string of the molecule is O=C(C1CCCCC1)C1CCCN(CC2CCC(Cl)CC2)C1. The molecule has 3 rings (SSSR count). The van der Waals surface area contributed by atoms with Gasteiger partial charge in [-0.25, -0.2) is 0 Å². The second kappa shape index (κ2) is 8.15. The molecule has 1 unspecified atom stereocenters. The largest absolute Gasteiger partial charge is 0.302 e. The van der Waals surface area contributed by atoms with Gasteiger partial charge in [0.1, 0.15) is 5.78 Å². The summed E-state index contributed by atoms with van der Waals surface area (Å²) in [6.07, 6.45) is 13.5. The van der Waals surface area contributed by atoms with Crippen molar-refractivity contribution in [3.8, 4) is 0 Å². The van der Waals surface area contributed by atoms with Crippen molar-refractivity contribution >= 4 is 17.4 Å². The lowest BCUT2D eigenvalue weighted by Gasteiger charge is -2.37. The molecule has 0 spiro atoms. The van der Waals surface area contributed by atoms with Gasteiger partial charge in [-0.2, -0.15) is 0 Å². The topological polar surface area (TPSA) is 20.3 Å². The monoisotopic (exact) mass is 325 g/mol. The number of Topliss-reactive ketones (excluding diaryl/α,β-unsaturated/α-hetero) is 1. The number of halogens is 1. The van der Waals surface area contributed by atoms with Crippen LogP contribution in [-0.4, -0.2) is 35.7 Å². The average molecular weight is 326 g/mol. The van der Waals surface area contributed by atoms with Crippen molar-refractivity contribution in [2.24, 2.45) is 17.8 Å². The van der Waals surface area contributed by atoms with Crippen LogP contribution in [0.4, 0.5) is 0 Å². The number of hydrogen-bond acceptors (Lipinski definition) is 2. The number of likely N-dealkylation sites (tertiary alicyclic amines) is 1. The van der Waals surface area contributed by atoms with Crippen molar-refractivity contribution in [3.05, 3.63) is 0 Å². The van der Waals surface area contributed by atoms with Gasteiger partial charge in [-0.15, -0.1) is 11.6 Å². The fourth-order valence-electron chi connectivity index (χ4n) is 4.84. The summed E-state index contributed by atoms with van der Waals surface area (Å²) in [4.78, 5) is 15.4. The van der Waals surface area contributed by atoms with Crippen LogP contribution < -0.4 is 0 Å². The summed E-state index contributed by atoms with van der Waals surface area (Å²) >= 11 is 6.22. The molecular formula is C19H32ClNO. The lowest BCUT2D eigenvalue weighted by Crippen LogP contribution is -2.43.